The normalized spacial score (nSPS) is 15.7. The van der Waals surface area contributed by atoms with Gasteiger partial charge in [0.15, 0.2) is 5.17 Å². The van der Waals surface area contributed by atoms with E-state index >= 15 is 0 Å². The Morgan fingerprint density at radius 2 is 1.51 bits per heavy atom. The number of aliphatic imine (C=N–C) groups is 1. The van der Waals surface area contributed by atoms with Crippen molar-refractivity contribution in [3.8, 4) is 5.75 Å². The number of halogens is 1. The fraction of sp³-hybridized carbons (Fsp3) is 0.0345. The number of benzene rings is 4. The van der Waals surface area contributed by atoms with Gasteiger partial charge in [-0.05, 0) is 65.9 Å². The lowest BCUT2D eigenvalue weighted by molar-refractivity contribution is -0.113. The van der Waals surface area contributed by atoms with Crippen LogP contribution in [0.3, 0.4) is 0 Å². The fourth-order valence-corrected chi connectivity index (χ4v) is 4.98. The summed E-state index contributed by atoms with van der Waals surface area (Å²) in [4.78, 5) is 20.6. The summed E-state index contributed by atoms with van der Waals surface area (Å²) in [5.41, 5.74) is 3.46. The van der Waals surface area contributed by atoms with Crippen molar-refractivity contribution in [3.63, 3.8) is 0 Å². The molecular formula is C29H21BrN2O2S. The van der Waals surface area contributed by atoms with Gasteiger partial charge < -0.3 is 4.74 Å². The van der Waals surface area contributed by atoms with E-state index in [2.05, 4.69) is 15.9 Å². The molecule has 1 aliphatic heterocycles. The number of hydrogen-bond acceptors (Lipinski definition) is 4. The number of hydrogen-bond donors (Lipinski definition) is 0. The van der Waals surface area contributed by atoms with E-state index in [1.54, 1.807) is 4.90 Å². The second-order valence-corrected chi connectivity index (χ2v) is 9.70. The first-order chi connectivity index (χ1) is 17.2. The Kier molecular flexibility index (Phi) is 7.12. The van der Waals surface area contributed by atoms with E-state index < -0.39 is 0 Å². The summed E-state index contributed by atoms with van der Waals surface area (Å²) in [6, 6.07) is 35.1. The van der Waals surface area contributed by atoms with Crippen LogP contribution in [0, 0.1) is 0 Å². The van der Waals surface area contributed by atoms with Gasteiger partial charge in [0.1, 0.15) is 12.4 Å². The van der Waals surface area contributed by atoms with Crippen molar-refractivity contribution in [1.29, 1.82) is 0 Å². The van der Waals surface area contributed by atoms with Gasteiger partial charge in [0.05, 0.1) is 16.3 Å². The van der Waals surface area contributed by atoms with Crippen LogP contribution in [0.15, 0.2) is 124 Å². The lowest BCUT2D eigenvalue weighted by atomic mass is 10.1. The molecule has 0 N–H and O–H groups in total. The molecule has 0 aliphatic carbocycles. The first kappa shape index (κ1) is 23.1. The van der Waals surface area contributed by atoms with Gasteiger partial charge in [-0.2, -0.15) is 0 Å². The highest BCUT2D eigenvalue weighted by atomic mass is 79.9. The summed E-state index contributed by atoms with van der Waals surface area (Å²) < 4.78 is 7.04. The van der Waals surface area contributed by atoms with Crippen LogP contribution >= 0.6 is 27.7 Å². The smallest absolute Gasteiger partial charge is 0.271 e. The third-order valence-corrected chi connectivity index (χ3v) is 6.76. The maximum atomic E-state index is 13.6. The first-order valence-corrected chi connectivity index (χ1v) is 12.7. The SMILES string of the molecule is O=C1/C(=C/c2cc(Br)ccc2OCc2ccccc2)SC(=Nc2ccccc2)N1c1ccccc1. The van der Waals surface area contributed by atoms with E-state index in [0.717, 1.165) is 27.0 Å². The third-order valence-electron chi connectivity index (χ3n) is 5.30. The van der Waals surface area contributed by atoms with Crippen molar-refractivity contribution in [3.05, 3.63) is 130 Å². The Hall–Kier alpha value is -3.61. The standard InChI is InChI=1S/C29H21BrN2O2S/c30-23-16-17-26(34-20-21-10-4-1-5-11-21)22(18-23)19-27-28(33)32(25-14-8-3-9-15-25)29(35-27)31-24-12-6-2-7-13-24/h1-19H,20H2/b27-19-,31-29?. The van der Waals surface area contributed by atoms with E-state index in [4.69, 9.17) is 9.73 Å². The molecule has 0 unspecified atom stereocenters. The minimum absolute atomic E-state index is 0.120. The summed E-state index contributed by atoms with van der Waals surface area (Å²) in [6.45, 7) is 0.441. The first-order valence-electron chi connectivity index (χ1n) is 11.1. The molecule has 0 saturated carbocycles. The van der Waals surface area contributed by atoms with Gasteiger partial charge in [-0.15, -0.1) is 0 Å². The molecule has 0 atom stereocenters. The summed E-state index contributed by atoms with van der Waals surface area (Å²) in [5, 5.41) is 0.611. The number of rotatable bonds is 6. The number of anilines is 1. The number of para-hydroxylation sites is 2. The zero-order valence-electron chi connectivity index (χ0n) is 18.7. The van der Waals surface area contributed by atoms with E-state index in [-0.39, 0.29) is 5.91 Å². The van der Waals surface area contributed by atoms with Crippen molar-refractivity contribution in [2.75, 3.05) is 4.90 Å². The number of thioether (sulfide) groups is 1. The van der Waals surface area contributed by atoms with Gasteiger partial charge in [0, 0.05) is 10.0 Å². The molecule has 0 spiro atoms. The average Bonchev–Trinajstić information content (AvgIpc) is 3.19. The molecule has 1 saturated heterocycles. The molecule has 35 heavy (non-hydrogen) atoms. The molecule has 1 amide bonds. The summed E-state index contributed by atoms with van der Waals surface area (Å²) >= 11 is 4.91. The lowest BCUT2D eigenvalue weighted by Gasteiger charge is -2.15. The molecule has 0 aromatic heterocycles. The van der Waals surface area contributed by atoms with Crippen LogP contribution < -0.4 is 9.64 Å². The highest BCUT2D eigenvalue weighted by Crippen LogP contribution is 2.38. The Balaban J connectivity index is 1.50. The van der Waals surface area contributed by atoms with Crippen molar-refractivity contribution in [2.24, 2.45) is 4.99 Å². The molecule has 4 aromatic carbocycles. The lowest BCUT2D eigenvalue weighted by Crippen LogP contribution is -2.28. The molecule has 6 heteroatoms. The minimum Gasteiger partial charge on any atom is -0.488 e. The number of amidine groups is 1. The zero-order valence-corrected chi connectivity index (χ0v) is 21.1. The number of amides is 1. The quantitative estimate of drug-likeness (QED) is 0.234. The molecule has 1 fully saturated rings. The Morgan fingerprint density at radius 3 is 2.23 bits per heavy atom. The van der Waals surface area contributed by atoms with E-state index in [1.807, 2.05) is 115 Å². The topological polar surface area (TPSA) is 41.9 Å². The van der Waals surface area contributed by atoms with Crippen molar-refractivity contribution >= 4 is 56.2 Å². The van der Waals surface area contributed by atoms with Crippen LogP contribution in [-0.2, 0) is 11.4 Å². The van der Waals surface area contributed by atoms with Crippen LogP contribution in [0.5, 0.6) is 5.75 Å². The maximum absolute atomic E-state index is 13.6. The molecular weight excluding hydrogens is 520 g/mol. The number of carbonyl (C=O) groups is 1. The van der Waals surface area contributed by atoms with Gasteiger partial charge in [-0.25, -0.2) is 4.99 Å². The van der Waals surface area contributed by atoms with Gasteiger partial charge >= 0.3 is 0 Å². The van der Waals surface area contributed by atoms with Crippen LogP contribution in [0.4, 0.5) is 11.4 Å². The molecule has 0 radical (unpaired) electrons. The number of ether oxygens (including phenoxy) is 1. The molecule has 1 heterocycles. The zero-order chi connectivity index (χ0) is 24.0. The van der Waals surface area contributed by atoms with Crippen LogP contribution in [0.25, 0.3) is 6.08 Å². The largest absolute Gasteiger partial charge is 0.488 e. The second-order valence-electron chi connectivity index (χ2n) is 7.77. The average molecular weight is 541 g/mol. The molecule has 0 bridgehead atoms. The van der Waals surface area contributed by atoms with E-state index in [0.29, 0.717) is 22.4 Å². The van der Waals surface area contributed by atoms with Crippen molar-refractivity contribution < 1.29 is 9.53 Å². The van der Waals surface area contributed by atoms with Crippen LogP contribution in [0.1, 0.15) is 11.1 Å². The Morgan fingerprint density at radius 1 is 0.857 bits per heavy atom. The number of nitrogens with zero attached hydrogens (tertiary/aromatic N) is 2. The van der Waals surface area contributed by atoms with Gasteiger partial charge in [-0.1, -0.05) is 82.7 Å². The van der Waals surface area contributed by atoms with Gasteiger partial charge in [-0.3, -0.25) is 9.69 Å². The Bertz CT molecular complexity index is 1390. The fourth-order valence-electron chi connectivity index (χ4n) is 3.61. The highest BCUT2D eigenvalue weighted by molar-refractivity contribution is 9.10. The maximum Gasteiger partial charge on any atom is 0.271 e. The number of carbonyl (C=O) groups excluding carboxylic acids is 1. The van der Waals surface area contributed by atoms with E-state index in [9.17, 15) is 4.79 Å². The summed E-state index contributed by atoms with van der Waals surface area (Å²) in [5.74, 6) is 0.586. The molecule has 4 aromatic rings. The minimum atomic E-state index is -0.120. The van der Waals surface area contributed by atoms with Gasteiger partial charge in [0.2, 0.25) is 0 Å². The van der Waals surface area contributed by atoms with Crippen molar-refractivity contribution in [1.82, 2.24) is 0 Å². The Labute approximate surface area is 217 Å². The van der Waals surface area contributed by atoms with E-state index in [1.165, 1.54) is 11.8 Å². The predicted octanol–water partition coefficient (Wildman–Crippen LogP) is 7.84. The monoisotopic (exact) mass is 540 g/mol. The highest BCUT2D eigenvalue weighted by Gasteiger charge is 2.35. The summed E-state index contributed by atoms with van der Waals surface area (Å²) in [6.07, 6.45) is 1.88. The van der Waals surface area contributed by atoms with Crippen molar-refractivity contribution in [2.45, 2.75) is 6.61 Å². The summed E-state index contributed by atoms with van der Waals surface area (Å²) in [7, 11) is 0. The van der Waals surface area contributed by atoms with Gasteiger partial charge in [0.25, 0.3) is 5.91 Å². The second kappa shape index (κ2) is 10.8. The third kappa shape index (κ3) is 5.56. The molecule has 4 nitrogen and oxygen atoms in total. The van der Waals surface area contributed by atoms with Crippen LogP contribution in [0.2, 0.25) is 0 Å². The predicted molar refractivity (Wildman–Crippen MR) is 148 cm³/mol. The molecule has 172 valence electrons. The van der Waals surface area contributed by atoms with Crippen LogP contribution in [-0.4, -0.2) is 11.1 Å². The molecule has 5 rings (SSSR count). The molecule has 1 aliphatic rings.